The Morgan fingerprint density at radius 3 is 2.58 bits per heavy atom. The van der Waals surface area contributed by atoms with Crippen LogP contribution in [0, 0.1) is 0 Å². The first-order chi connectivity index (χ1) is 17.2. The molecule has 0 saturated carbocycles. The van der Waals surface area contributed by atoms with E-state index in [0.29, 0.717) is 58.6 Å². The number of fused-ring (bicyclic) bond motifs is 2. The van der Waals surface area contributed by atoms with Gasteiger partial charge in [-0.05, 0) is 49.6 Å². The fourth-order valence-corrected chi connectivity index (χ4v) is 6.23. The molecule has 2 aromatic carbocycles. The zero-order valence-electron chi connectivity index (χ0n) is 19.5. The summed E-state index contributed by atoms with van der Waals surface area (Å²) >= 11 is 0. The summed E-state index contributed by atoms with van der Waals surface area (Å²) in [5.41, 5.74) is 3.50. The van der Waals surface area contributed by atoms with Crippen LogP contribution in [0.2, 0.25) is 0 Å². The molecule has 1 atom stereocenters. The molecule has 0 radical (unpaired) electrons. The van der Waals surface area contributed by atoms with Gasteiger partial charge in [0.1, 0.15) is 0 Å². The number of ketones is 1. The molecule has 0 bridgehead atoms. The highest BCUT2D eigenvalue weighted by Gasteiger charge is 2.33. The lowest BCUT2D eigenvalue weighted by Crippen LogP contribution is -2.15. The molecule has 1 aliphatic carbocycles. The summed E-state index contributed by atoms with van der Waals surface area (Å²) in [5.74, 6) is -2.79. The highest BCUT2D eigenvalue weighted by atomic mass is 32.2. The Balaban J connectivity index is 1.60. The number of carboxylic acids is 1. The van der Waals surface area contributed by atoms with E-state index >= 15 is 0 Å². The SMILES string of the molecule is CC(C(=O)O)c1c(/C=C2\C(=O)Nc3ccc(S(=O)(=O)Cc4ccccc4)cc32)[nH]c2c1C(=O)CCC2. The maximum absolute atomic E-state index is 13.1. The number of benzene rings is 2. The molecule has 0 saturated heterocycles. The lowest BCUT2D eigenvalue weighted by atomic mass is 9.87. The first-order valence-corrected chi connectivity index (χ1v) is 13.3. The van der Waals surface area contributed by atoms with Gasteiger partial charge >= 0.3 is 5.97 Å². The number of carboxylic acid groups (broad SMARTS) is 1. The predicted octanol–water partition coefficient (Wildman–Crippen LogP) is 4.19. The molecule has 0 fully saturated rings. The molecule has 1 amide bonds. The first kappa shape index (κ1) is 23.7. The molecule has 1 aliphatic heterocycles. The zero-order valence-corrected chi connectivity index (χ0v) is 20.3. The van der Waals surface area contributed by atoms with Crippen molar-refractivity contribution in [2.24, 2.45) is 0 Å². The molecule has 36 heavy (non-hydrogen) atoms. The van der Waals surface area contributed by atoms with Crippen LogP contribution in [0.3, 0.4) is 0 Å². The summed E-state index contributed by atoms with van der Waals surface area (Å²) in [7, 11) is -3.69. The van der Waals surface area contributed by atoms with Gasteiger partial charge in [0.25, 0.3) is 5.91 Å². The van der Waals surface area contributed by atoms with Gasteiger partial charge in [0.05, 0.1) is 22.1 Å². The standard InChI is InChI=1S/C27H24N2O6S/c1-15(27(32)33)24-22(28-21-8-5-9-23(30)25(21)24)13-19-18-12-17(10-11-20(18)29-26(19)31)36(34,35)14-16-6-3-2-4-7-16/h2-4,6-7,10-13,15,28H,5,8-9,14H2,1H3,(H,29,31)(H,32,33)/b19-13-. The van der Waals surface area contributed by atoms with E-state index in [-0.39, 0.29) is 22.0 Å². The summed E-state index contributed by atoms with van der Waals surface area (Å²) < 4.78 is 26.2. The highest BCUT2D eigenvalue weighted by Crippen LogP contribution is 2.38. The largest absolute Gasteiger partial charge is 0.481 e. The Bertz CT molecular complexity index is 1550. The van der Waals surface area contributed by atoms with E-state index in [1.807, 2.05) is 6.07 Å². The minimum absolute atomic E-state index is 0.0765. The van der Waals surface area contributed by atoms with Crippen LogP contribution in [-0.2, 0) is 31.6 Å². The number of rotatable bonds is 6. The van der Waals surface area contributed by atoms with Crippen molar-refractivity contribution in [1.29, 1.82) is 0 Å². The van der Waals surface area contributed by atoms with Gasteiger partial charge in [-0.25, -0.2) is 8.42 Å². The Morgan fingerprint density at radius 1 is 1.11 bits per heavy atom. The topological polar surface area (TPSA) is 133 Å². The van der Waals surface area contributed by atoms with Crippen molar-refractivity contribution in [2.45, 2.75) is 42.8 Å². The molecule has 8 nitrogen and oxygen atoms in total. The van der Waals surface area contributed by atoms with Gasteiger partial charge in [-0.1, -0.05) is 30.3 Å². The second kappa shape index (κ2) is 8.91. The summed E-state index contributed by atoms with van der Waals surface area (Å²) in [6, 6.07) is 13.3. The summed E-state index contributed by atoms with van der Waals surface area (Å²) in [6.45, 7) is 1.51. The molecule has 184 valence electrons. The maximum Gasteiger partial charge on any atom is 0.310 e. The van der Waals surface area contributed by atoms with E-state index in [2.05, 4.69) is 10.3 Å². The minimum atomic E-state index is -3.69. The molecule has 0 spiro atoms. The van der Waals surface area contributed by atoms with E-state index in [4.69, 9.17) is 0 Å². The Hall–Kier alpha value is -3.98. The molecule has 1 unspecified atom stereocenters. The number of amides is 1. The Kier molecular flexibility index (Phi) is 5.88. The number of aromatic amines is 1. The normalized spacial score (nSPS) is 17.0. The summed E-state index contributed by atoms with van der Waals surface area (Å²) in [4.78, 5) is 40.7. The summed E-state index contributed by atoms with van der Waals surface area (Å²) in [5, 5.41) is 12.4. The van der Waals surface area contributed by atoms with Crippen LogP contribution in [0.4, 0.5) is 5.69 Å². The van der Waals surface area contributed by atoms with Gasteiger partial charge in [-0.15, -0.1) is 0 Å². The van der Waals surface area contributed by atoms with Crippen molar-refractivity contribution in [2.75, 3.05) is 5.32 Å². The number of sulfone groups is 1. The molecule has 3 N–H and O–H groups in total. The summed E-state index contributed by atoms with van der Waals surface area (Å²) in [6.07, 6.45) is 3.13. The zero-order chi connectivity index (χ0) is 25.6. The van der Waals surface area contributed by atoms with Crippen LogP contribution < -0.4 is 5.32 Å². The second-order valence-electron chi connectivity index (χ2n) is 9.11. The number of aromatic nitrogens is 1. The van der Waals surface area contributed by atoms with Crippen LogP contribution in [0.25, 0.3) is 11.6 Å². The number of hydrogen-bond acceptors (Lipinski definition) is 5. The van der Waals surface area contributed by atoms with Crippen molar-refractivity contribution >= 4 is 44.8 Å². The van der Waals surface area contributed by atoms with Crippen molar-refractivity contribution in [3.63, 3.8) is 0 Å². The lowest BCUT2D eigenvalue weighted by molar-refractivity contribution is -0.138. The fourth-order valence-electron chi connectivity index (χ4n) is 4.86. The highest BCUT2D eigenvalue weighted by molar-refractivity contribution is 7.90. The molecule has 2 aliphatic rings. The van der Waals surface area contributed by atoms with Gasteiger partial charge in [-0.2, -0.15) is 0 Å². The molecule has 2 heterocycles. The average molecular weight is 505 g/mol. The van der Waals surface area contributed by atoms with E-state index in [0.717, 1.165) is 0 Å². The smallest absolute Gasteiger partial charge is 0.310 e. The lowest BCUT2D eigenvalue weighted by Gasteiger charge is -2.14. The van der Waals surface area contributed by atoms with Crippen molar-refractivity contribution in [1.82, 2.24) is 4.98 Å². The predicted molar refractivity (Wildman–Crippen MR) is 134 cm³/mol. The Labute approximate surface area is 208 Å². The number of carbonyl (C=O) groups excluding carboxylic acids is 2. The van der Waals surface area contributed by atoms with Crippen molar-refractivity contribution in [3.8, 4) is 0 Å². The molecule has 9 heteroatoms. The monoisotopic (exact) mass is 504 g/mol. The molecule has 5 rings (SSSR count). The maximum atomic E-state index is 13.1. The van der Waals surface area contributed by atoms with Crippen molar-refractivity contribution < 1.29 is 27.9 Å². The minimum Gasteiger partial charge on any atom is -0.481 e. The van der Waals surface area contributed by atoms with E-state index in [1.165, 1.54) is 25.1 Å². The van der Waals surface area contributed by atoms with Gasteiger partial charge in [-0.3, -0.25) is 14.4 Å². The van der Waals surface area contributed by atoms with Gasteiger partial charge < -0.3 is 15.4 Å². The van der Waals surface area contributed by atoms with Gasteiger partial charge in [0, 0.05) is 40.2 Å². The number of aryl methyl sites for hydroxylation is 1. The van der Waals surface area contributed by atoms with E-state index in [9.17, 15) is 27.9 Å². The number of anilines is 1. The third kappa shape index (κ3) is 4.15. The second-order valence-corrected chi connectivity index (χ2v) is 11.1. The van der Waals surface area contributed by atoms with Crippen LogP contribution in [0.15, 0.2) is 53.4 Å². The van der Waals surface area contributed by atoms with E-state index in [1.54, 1.807) is 30.3 Å². The number of Topliss-reactive ketones (excluding diaryl/α,β-unsaturated/α-hetero) is 1. The molecular formula is C27H24N2O6S. The van der Waals surface area contributed by atoms with Crippen LogP contribution >= 0.6 is 0 Å². The Morgan fingerprint density at radius 2 is 1.86 bits per heavy atom. The molecule has 3 aromatic rings. The first-order valence-electron chi connectivity index (χ1n) is 11.6. The van der Waals surface area contributed by atoms with E-state index < -0.39 is 27.6 Å². The van der Waals surface area contributed by atoms with Crippen LogP contribution in [0.1, 0.15) is 64.1 Å². The third-order valence-electron chi connectivity index (χ3n) is 6.68. The van der Waals surface area contributed by atoms with Gasteiger partial charge in [0.2, 0.25) is 0 Å². The number of aliphatic carboxylic acids is 1. The van der Waals surface area contributed by atoms with Crippen LogP contribution in [0.5, 0.6) is 0 Å². The average Bonchev–Trinajstić information content (AvgIpc) is 3.36. The van der Waals surface area contributed by atoms with Crippen LogP contribution in [-0.4, -0.2) is 36.2 Å². The number of carbonyl (C=O) groups is 3. The van der Waals surface area contributed by atoms with Gasteiger partial charge in [0.15, 0.2) is 15.6 Å². The number of H-pyrrole nitrogens is 1. The fraction of sp³-hybridized carbons (Fsp3) is 0.222. The molecule has 1 aromatic heterocycles. The number of nitrogens with one attached hydrogen (secondary N) is 2. The third-order valence-corrected chi connectivity index (χ3v) is 8.37. The quantitative estimate of drug-likeness (QED) is 0.431. The molecular weight excluding hydrogens is 480 g/mol. The number of hydrogen-bond donors (Lipinski definition) is 3. The van der Waals surface area contributed by atoms with Crippen molar-refractivity contribution in [3.05, 3.63) is 82.2 Å².